The van der Waals surface area contributed by atoms with Gasteiger partial charge in [-0.1, -0.05) is 15.9 Å². The van der Waals surface area contributed by atoms with Crippen molar-refractivity contribution < 1.29 is 0 Å². The second-order valence-electron chi connectivity index (χ2n) is 3.69. The fourth-order valence-electron chi connectivity index (χ4n) is 1.59. The molecule has 0 atom stereocenters. The van der Waals surface area contributed by atoms with Gasteiger partial charge in [0.05, 0.1) is 0 Å². The summed E-state index contributed by atoms with van der Waals surface area (Å²) in [4.78, 5) is 0. The number of rotatable bonds is 1. The smallest absolute Gasteiger partial charge is 0.0466 e. The van der Waals surface area contributed by atoms with Crippen molar-refractivity contribution in [1.82, 2.24) is 0 Å². The first kappa shape index (κ1) is 18.6. The van der Waals surface area contributed by atoms with Crippen LogP contribution < -0.4 is 0 Å². The maximum absolute atomic E-state index is 3.66. The van der Waals surface area contributed by atoms with E-state index in [0.717, 1.165) is 46.9 Å². The van der Waals surface area contributed by atoms with Crippen molar-refractivity contribution in [3.8, 4) is 11.1 Å². The normalized spacial score (nSPS) is 11.0. The first-order valence-electron chi connectivity index (χ1n) is 4.92. The Morgan fingerprint density at radius 1 is 0.400 bits per heavy atom. The SMILES string of the molecule is Brc1cc(Br)c(-c2c(Br)c(Br)cc(Br)c2Br)c(Br)c1Br. The molecule has 0 fully saturated rings. The molecule has 0 aliphatic heterocycles. The molecule has 2 aromatic rings. The third-order valence-corrected chi connectivity index (χ3v) is 10.4. The molecule has 0 aliphatic carbocycles. The van der Waals surface area contributed by atoms with Crippen LogP contribution in [0, 0.1) is 0 Å². The van der Waals surface area contributed by atoms with E-state index >= 15 is 0 Å². The standard InChI is InChI=1S/C12H2Br8/c13-3-1-6(16)11(19)12(20)7(3)8-9(17)4(14)2-5(15)10(8)18/h1-2H. The van der Waals surface area contributed by atoms with E-state index in [-0.39, 0.29) is 0 Å². The molecule has 0 saturated carbocycles. The zero-order valence-electron chi connectivity index (χ0n) is 9.18. The van der Waals surface area contributed by atoms with Crippen molar-refractivity contribution >= 4 is 127 Å². The summed E-state index contributed by atoms with van der Waals surface area (Å²) < 4.78 is 7.77. The van der Waals surface area contributed by atoms with Gasteiger partial charge in [-0.3, -0.25) is 0 Å². The van der Waals surface area contributed by atoms with Gasteiger partial charge in [0.1, 0.15) is 0 Å². The topological polar surface area (TPSA) is 0 Å². The van der Waals surface area contributed by atoms with Crippen LogP contribution in [0.15, 0.2) is 47.9 Å². The van der Waals surface area contributed by atoms with Gasteiger partial charge in [-0.2, -0.15) is 0 Å². The van der Waals surface area contributed by atoms with Gasteiger partial charge in [0.2, 0.25) is 0 Å². The molecule has 2 rings (SSSR count). The van der Waals surface area contributed by atoms with E-state index in [0.29, 0.717) is 0 Å². The molecule has 0 unspecified atom stereocenters. The molecule has 0 aliphatic rings. The lowest BCUT2D eigenvalue weighted by molar-refractivity contribution is 1.43. The third kappa shape index (κ3) is 3.52. The van der Waals surface area contributed by atoms with Gasteiger partial charge in [-0.05, 0) is 124 Å². The average Bonchev–Trinajstić information content (AvgIpc) is 2.38. The average molecular weight is 785 g/mol. The summed E-state index contributed by atoms with van der Waals surface area (Å²) in [5, 5.41) is 0. The second-order valence-corrected chi connectivity index (χ2v) is 10.3. The lowest BCUT2D eigenvalue weighted by Gasteiger charge is -2.16. The first-order chi connectivity index (χ1) is 9.25. The molecular formula is C12H2Br8. The summed E-state index contributed by atoms with van der Waals surface area (Å²) >= 11 is 28.8. The van der Waals surface area contributed by atoms with Gasteiger partial charge in [0.15, 0.2) is 0 Å². The van der Waals surface area contributed by atoms with Crippen LogP contribution in [0.3, 0.4) is 0 Å². The fraction of sp³-hybridized carbons (Fsp3) is 0. The molecule has 0 nitrogen and oxygen atoms in total. The fourth-order valence-corrected chi connectivity index (χ4v) is 6.87. The molecule has 8 heteroatoms. The number of halogens is 8. The Bertz CT molecular complexity index is 681. The summed E-state index contributed by atoms with van der Waals surface area (Å²) in [7, 11) is 0. The van der Waals surface area contributed by atoms with E-state index in [1.54, 1.807) is 0 Å². The minimum Gasteiger partial charge on any atom is -0.0501 e. The van der Waals surface area contributed by atoms with Gasteiger partial charge in [-0.25, -0.2) is 0 Å². The van der Waals surface area contributed by atoms with Crippen molar-refractivity contribution in [3.05, 3.63) is 47.9 Å². The highest BCUT2D eigenvalue weighted by Crippen LogP contribution is 2.50. The van der Waals surface area contributed by atoms with Gasteiger partial charge in [0.25, 0.3) is 0 Å². The molecule has 0 heterocycles. The largest absolute Gasteiger partial charge is 0.0501 e. The number of benzene rings is 2. The highest BCUT2D eigenvalue weighted by Gasteiger charge is 2.21. The highest BCUT2D eigenvalue weighted by atomic mass is 79.9. The molecule has 20 heavy (non-hydrogen) atoms. The van der Waals surface area contributed by atoms with Gasteiger partial charge >= 0.3 is 0 Å². The number of hydrogen-bond donors (Lipinski definition) is 0. The molecule has 0 N–H and O–H groups in total. The summed E-state index contributed by atoms with van der Waals surface area (Å²) in [5.74, 6) is 0. The van der Waals surface area contributed by atoms with Crippen molar-refractivity contribution in [2.75, 3.05) is 0 Å². The van der Waals surface area contributed by atoms with Crippen molar-refractivity contribution in [3.63, 3.8) is 0 Å². The minimum absolute atomic E-state index is 0.963. The molecule has 0 saturated heterocycles. The predicted molar refractivity (Wildman–Crippen MR) is 113 cm³/mol. The highest BCUT2D eigenvalue weighted by molar-refractivity contribution is 9.15. The van der Waals surface area contributed by atoms with E-state index in [4.69, 9.17) is 0 Å². The zero-order valence-corrected chi connectivity index (χ0v) is 21.9. The quantitative estimate of drug-likeness (QED) is 0.200. The molecule has 0 spiro atoms. The van der Waals surface area contributed by atoms with Gasteiger partial charge in [0, 0.05) is 46.9 Å². The van der Waals surface area contributed by atoms with E-state index in [2.05, 4.69) is 127 Å². The zero-order chi connectivity index (χ0) is 15.2. The van der Waals surface area contributed by atoms with E-state index < -0.39 is 0 Å². The molecule has 2 aromatic carbocycles. The molecule has 0 radical (unpaired) electrons. The lowest BCUT2D eigenvalue weighted by atomic mass is 10.1. The number of hydrogen-bond acceptors (Lipinski definition) is 0. The van der Waals surface area contributed by atoms with E-state index in [1.165, 1.54) is 0 Å². The first-order valence-corrected chi connectivity index (χ1v) is 11.3. The van der Waals surface area contributed by atoms with Crippen LogP contribution in [0.4, 0.5) is 0 Å². The lowest BCUT2D eigenvalue weighted by Crippen LogP contribution is -1.90. The Kier molecular flexibility index (Phi) is 6.93. The maximum Gasteiger partial charge on any atom is 0.0466 e. The Balaban J connectivity index is 2.93. The third-order valence-electron chi connectivity index (χ3n) is 2.48. The van der Waals surface area contributed by atoms with Gasteiger partial charge in [-0.15, -0.1) is 0 Å². The monoisotopic (exact) mass is 777 g/mol. The van der Waals surface area contributed by atoms with Crippen LogP contribution in [0.1, 0.15) is 0 Å². The summed E-state index contributed by atoms with van der Waals surface area (Å²) in [5.41, 5.74) is 2.08. The van der Waals surface area contributed by atoms with Crippen molar-refractivity contribution in [2.24, 2.45) is 0 Å². The Morgan fingerprint density at radius 2 is 0.800 bits per heavy atom. The van der Waals surface area contributed by atoms with E-state index in [1.807, 2.05) is 12.1 Å². The van der Waals surface area contributed by atoms with Crippen LogP contribution in [0.2, 0.25) is 0 Å². The van der Waals surface area contributed by atoms with Gasteiger partial charge < -0.3 is 0 Å². The minimum atomic E-state index is 0.963. The van der Waals surface area contributed by atoms with Crippen LogP contribution >= 0.6 is 127 Å². The molecule has 0 amide bonds. The van der Waals surface area contributed by atoms with Crippen LogP contribution in [-0.2, 0) is 0 Å². The summed E-state index contributed by atoms with van der Waals surface area (Å²) in [6.45, 7) is 0. The van der Waals surface area contributed by atoms with Crippen molar-refractivity contribution in [1.29, 1.82) is 0 Å². The van der Waals surface area contributed by atoms with Crippen LogP contribution in [-0.4, -0.2) is 0 Å². The molecule has 0 aromatic heterocycles. The summed E-state index contributed by atoms with van der Waals surface area (Å²) in [6, 6.07) is 4.01. The Labute approximate surface area is 183 Å². The Morgan fingerprint density at radius 3 is 1.30 bits per heavy atom. The van der Waals surface area contributed by atoms with Crippen LogP contribution in [0.5, 0.6) is 0 Å². The molecular weight excluding hydrogens is 783 g/mol. The maximum atomic E-state index is 3.66. The van der Waals surface area contributed by atoms with E-state index in [9.17, 15) is 0 Å². The van der Waals surface area contributed by atoms with Crippen molar-refractivity contribution in [2.45, 2.75) is 0 Å². The molecule has 0 bridgehead atoms. The molecule has 106 valence electrons. The van der Waals surface area contributed by atoms with Crippen LogP contribution in [0.25, 0.3) is 11.1 Å². The second kappa shape index (κ2) is 7.45. The summed E-state index contributed by atoms with van der Waals surface area (Å²) in [6.07, 6.45) is 0. The predicted octanol–water partition coefficient (Wildman–Crippen LogP) is 9.45. The Hall–Kier alpha value is 2.28.